The second-order valence-corrected chi connectivity index (χ2v) is 4.07. The Morgan fingerprint density at radius 1 is 1.19 bits per heavy atom. The Morgan fingerprint density at radius 2 is 2.12 bits per heavy atom. The molecule has 16 heavy (non-hydrogen) atoms. The van der Waals surface area contributed by atoms with Gasteiger partial charge in [-0.05, 0) is 49.9 Å². The molecule has 2 nitrogen and oxygen atoms in total. The number of fused-ring (bicyclic) bond motifs is 1. The molecule has 0 saturated heterocycles. The summed E-state index contributed by atoms with van der Waals surface area (Å²) in [6.45, 7) is 1.10. The van der Waals surface area contributed by atoms with Gasteiger partial charge in [-0.1, -0.05) is 18.2 Å². The monoisotopic (exact) mass is 214 g/mol. The van der Waals surface area contributed by atoms with Crippen LogP contribution in [0.4, 0.5) is 0 Å². The highest BCUT2D eigenvalue weighted by atomic mass is 14.8. The molecule has 2 rings (SSSR count). The van der Waals surface area contributed by atoms with Gasteiger partial charge in [0, 0.05) is 17.8 Å². The van der Waals surface area contributed by atoms with E-state index in [2.05, 4.69) is 34.6 Å². The summed E-state index contributed by atoms with van der Waals surface area (Å²) in [5.74, 6) is 0. The van der Waals surface area contributed by atoms with Gasteiger partial charge in [-0.2, -0.15) is 0 Å². The second-order valence-electron chi connectivity index (χ2n) is 4.07. The molecule has 0 bridgehead atoms. The largest absolute Gasteiger partial charge is 0.320 e. The first-order chi connectivity index (χ1) is 7.92. The molecule has 84 valence electrons. The molecular formula is C14H18N2. The van der Waals surface area contributed by atoms with Gasteiger partial charge in [-0.15, -0.1) is 0 Å². The molecule has 2 aromatic rings. The maximum Gasteiger partial charge on any atom is 0.0346 e. The highest BCUT2D eigenvalue weighted by Gasteiger charge is 1.99. The minimum absolute atomic E-state index is 1.10. The summed E-state index contributed by atoms with van der Waals surface area (Å²) in [5, 5.41) is 5.77. The molecule has 0 amide bonds. The quantitative estimate of drug-likeness (QED) is 0.774. The van der Waals surface area contributed by atoms with Crippen molar-refractivity contribution < 1.29 is 0 Å². The maximum atomic E-state index is 4.15. The lowest BCUT2D eigenvalue weighted by Gasteiger charge is -2.05. The number of aromatic nitrogens is 1. The van der Waals surface area contributed by atoms with Gasteiger partial charge in [0.25, 0.3) is 0 Å². The van der Waals surface area contributed by atoms with E-state index in [-0.39, 0.29) is 0 Å². The fourth-order valence-electron chi connectivity index (χ4n) is 2.02. The van der Waals surface area contributed by atoms with Crippen molar-refractivity contribution in [2.45, 2.75) is 19.3 Å². The van der Waals surface area contributed by atoms with Gasteiger partial charge in [0.15, 0.2) is 0 Å². The van der Waals surface area contributed by atoms with E-state index in [9.17, 15) is 0 Å². The number of pyridine rings is 1. The summed E-state index contributed by atoms with van der Waals surface area (Å²) >= 11 is 0. The Kier molecular flexibility index (Phi) is 3.89. The zero-order valence-electron chi connectivity index (χ0n) is 9.74. The van der Waals surface area contributed by atoms with Crippen LogP contribution in [0, 0.1) is 0 Å². The van der Waals surface area contributed by atoms with Gasteiger partial charge < -0.3 is 5.32 Å². The van der Waals surface area contributed by atoms with Gasteiger partial charge in [-0.25, -0.2) is 0 Å². The SMILES string of the molecule is CNCCCCc1cccc2cnccc12. The molecular weight excluding hydrogens is 196 g/mol. The molecule has 0 radical (unpaired) electrons. The van der Waals surface area contributed by atoms with Crippen molar-refractivity contribution >= 4 is 10.8 Å². The third kappa shape index (κ3) is 2.58. The van der Waals surface area contributed by atoms with Gasteiger partial charge >= 0.3 is 0 Å². The van der Waals surface area contributed by atoms with Crippen LogP contribution in [-0.4, -0.2) is 18.6 Å². The Hall–Kier alpha value is -1.41. The van der Waals surface area contributed by atoms with Crippen molar-refractivity contribution in [3.63, 3.8) is 0 Å². The number of nitrogens with zero attached hydrogens (tertiary/aromatic N) is 1. The van der Waals surface area contributed by atoms with Gasteiger partial charge in [0.05, 0.1) is 0 Å². The van der Waals surface area contributed by atoms with Crippen LogP contribution in [0.3, 0.4) is 0 Å². The van der Waals surface area contributed by atoms with Crippen molar-refractivity contribution in [3.05, 3.63) is 42.2 Å². The molecule has 0 aliphatic carbocycles. The molecule has 0 unspecified atom stereocenters. The Labute approximate surface area is 96.7 Å². The van der Waals surface area contributed by atoms with Crippen LogP contribution in [0.15, 0.2) is 36.7 Å². The average molecular weight is 214 g/mol. The molecule has 0 fully saturated rings. The lowest BCUT2D eigenvalue weighted by molar-refractivity contribution is 0.678. The van der Waals surface area contributed by atoms with Crippen LogP contribution in [0.1, 0.15) is 18.4 Å². The topological polar surface area (TPSA) is 24.9 Å². The van der Waals surface area contributed by atoms with Crippen LogP contribution in [-0.2, 0) is 6.42 Å². The molecule has 0 aliphatic rings. The van der Waals surface area contributed by atoms with Crippen LogP contribution >= 0.6 is 0 Å². The van der Waals surface area contributed by atoms with E-state index in [4.69, 9.17) is 0 Å². The second kappa shape index (κ2) is 5.61. The third-order valence-electron chi connectivity index (χ3n) is 2.89. The molecule has 0 atom stereocenters. The van der Waals surface area contributed by atoms with Crippen LogP contribution in [0.5, 0.6) is 0 Å². The smallest absolute Gasteiger partial charge is 0.0346 e. The molecule has 0 aliphatic heterocycles. The lowest BCUT2D eigenvalue weighted by atomic mass is 10.0. The van der Waals surface area contributed by atoms with Crippen LogP contribution in [0.2, 0.25) is 0 Å². The van der Waals surface area contributed by atoms with E-state index in [0.717, 1.165) is 13.0 Å². The predicted molar refractivity (Wildman–Crippen MR) is 68.6 cm³/mol. The minimum Gasteiger partial charge on any atom is -0.320 e. The molecule has 1 heterocycles. The highest BCUT2D eigenvalue weighted by Crippen LogP contribution is 2.18. The summed E-state index contributed by atoms with van der Waals surface area (Å²) < 4.78 is 0. The standard InChI is InChI=1S/C14H18N2/c1-15-9-3-2-5-12-6-4-7-13-11-16-10-8-14(12)13/h4,6-8,10-11,15H,2-3,5,9H2,1H3. The van der Waals surface area contributed by atoms with Crippen LogP contribution < -0.4 is 5.32 Å². The summed E-state index contributed by atoms with van der Waals surface area (Å²) in [4.78, 5) is 4.15. The van der Waals surface area contributed by atoms with E-state index in [1.54, 1.807) is 0 Å². The number of benzene rings is 1. The lowest BCUT2D eigenvalue weighted by Crippen LogP contribution is -2.07. The number of aryl methyl sites for hydroxylation is 1. The molecule has 1 N–H and O–H groups in total. The van der Waals surface area contributed by atoms with Gasteiger partial charge in [-0.3, -0.25) is 4.98 Å². The van der Waals surface area contributed by atoms with E-state index >= 15 is 0 Å². The number of unbranched alkanes of at least 4 members (excludes halogenated alkanes) is 1. The maximum absolute atomic E-state index is 4.15. The number of nitrogens with one attached hydrogen (secondary N) is 1. The van der Waals surface area contributed by atoms with Crippen molar-refractivity contribution in [1.82, 2.24) is 10.3 Å². The fourth-order valence-corrected chi connectivity index (χ4v) is 2.02. The van der Waals surface area contributed by atoms with Crippen LogP contribution in [0.25, 0.3) is 10.8 Å². The highest BCUT2D eigenvalue weighted by molar-refractivity contribution is 5.84. The third-order valence-corrected chi connectivity index (χ3v) is 2.89. The average Bonchev–Trinajstić information content (AvgIpc) is 2.35. The zero-order chi connectivity index (χ0) is 11.2. The van der Waals surface area contributed by atoms with E-state index < -0.39 is 0 Å². The molecule has 2 heteroatoms. The van der Waals surface area contributed by atoms with Crippen molar-refractivity contribution in [2.75, 3.05) is 13.6 Å². The Morgan fingerprint density at radius 3 is 3.00 bits per heavy atom. The molecule has 0 spiro atoms. The summed E-state index contributed by atoms with van der Waals surface area (Å²) in [6.07, 6.45) is 7.44. The van der Waals surface area contributed by atoms with Crippen molar-refractivity contribution in [1.29, 1.82) is 0 Å². The zero-order valence-corrected chi connectivity index (χ0v) is 9.74. The molecule has 1 aromatic carbocycles. The minimum atomic E-state index is 1.10. The van der Waals surface area contributed by atoms with E-state index in [0.29, 0.717) is 0 Å². The van der Waals surface area contributed by atoms with E-state index in [1.165, 1.54) is 29.2 Å². The number of hydrogen-bond acceptors (Lipinski definition) is 2. The predicted octanol–water partition coefficient (Wildman–Crippen LogP) is 2.78. The summed E-state index contributed by atoms with van der Waals surface area (Å²) in [6, 6.07) is 8.58. The Balaban J connectivity index is 2.11. The van der Waals surface area contributed by atoms with Crippen molar-refractivity contribution in [3.8, 4) is 0 Å². The fraction of sp³-hybridized carbons (Fsp3) is 0.357. The molecule has 0 saturated carbocycles. The number of rotatable bonds is 5. The van der Waals surface area contributed by atoms with Gasteiger partial charge in [0.1, 0.15) is 0 Å². The molecule has 1 aromatic heterocycles. The van der Waals surface area contributed by atoms with E-state index in [1.807, 2.05) is 19.4 Å². The van der Waals surface area contributed by atoms with Crippen molar-refractivity contribution in [2.24, 2.45) is 0 Å². The first kappa shape index (κ1) is 11.1. The van der Waals surface area contributed by atoms with Gasteiger partial charge in [0.2, 0.25) is 0 Å². The normalized spacial score (nSPS) is 10.8. The first-order valence-corrected chi connectivity index (χ1v) is 5.88. The summed E-state index contributed by atoms with van der Waals surface area (Å²) in [7, 11) is 2.00. The number of hydrogen-bond donors (Lipinski definition) is 1. The first-order valence-electron chi connectivity index (χ1n) is 5.88. The summed E-state index contributed by atoms with van der Waals surface area (Å²) in [5.41, 5.74) is 1.44. The Bertz CT molecular complexity index is 446.